The third-order valence-electron chi connectivity index (χ3n) is 4.13. The van der Waals surface area contributed by atoms with Gasteiger partial charge in [0.25, 0.3) is 0 Å². The van der Waals surface area contributed by atoms with Gasteiger partial charge in [0.15, 0.2) is 0 Å². The molecule has 0 aromatic carbocycles. The first-order valence-electron chi connectivity index (χ1n) is 5.93. The van der Waals surface area contributed by atoms with Crippen LogP contribution in [0.1, 0.15) is 25.7 Å². The average molecular weight is 214 g/mol. The molecule has 2 heterocycles. The predicted molar refractivity (Wildman–Crippen MR) is 58.6 cm³/mol. The first-order chi connectivity index (χ1) is 7.22. The van der Waals surface area contributed by atoms with E-state index in [1.54, 1.807) is 0 Å². The summed E-state index contributed by atoms with van der Waals surface area (Å²) >= 11 is 0. The molecular weight excluding hydrogens is 192 g/mol. The highest BCUT2D eigenvalue weighted by atomic mass is 16.5. The number of aliphatic hydroxyl groups is 1. The molecule has 0 saturated carbocycles. The van der Waals surface area contributed by atoms with Crippen LogP contribution in [0.25, 0.3) is 0 Å². The van der Waals surface area contributed by atoms with Crippen molar-refractivity contribution in [1.29, 1.82) is 0 Å². The molecule has 1 atom stereocenters. The maximum Gasteiger partial charge on any atom is 0.0762 e. The van der Waals surface area contributed by atoms with E-state index in [4.69, 9.17) is 10.5 Å². The van der Waals surface area contributed by atoms with Gasteiger partial charge >= 0.3 is 0 Å². The normalized spacial score (nSPS) is 36.4. The molecule has 88 valence electrons. The molecule has 0 radical (unpaired) electrons. The van der Waals surface area contributed by atoms with E-state index >= 15 is 0 Å². The Bertz CT molecular complexity index is 209. The lowest BCUT2D eigenvalue weighted by Crippen LogP contribution is -2.60. The van der Waals surface area contributed by atoms with Crippen molar-refractivity contribution in [3.05, 3.63) is 0 Å². The summed E-state index contributed by atoms with van der Waals surface area (Å²) in [6, 6.07) is 0. The molecule has 0 aromatic rings. The van der Waals surface area contributed by atoms with E-state index in [0.29, 0.717) is 13.2 Å². The Morgan fingerprint density at radius 3 is 2.53 bits per heavy atom. The van der Waals surface area contributed by atoms with Crippen molar-refractivity contribution >= 4 is 0 Å². The number of hydrogen-bond donors (Lipinski definition) is 3. The summed E-state index contributed by atoms with van der Waals surface area (Å²) < 4.78 is 5.53. The minimum absolute atomic E-state index is 0.201. The average Bonchev–Trinajstić information content (AvgIpc) is 2.31. The molecule has 0 aromatic heterocycles. The van der Waals surface area contributed by atoms with Crippen molar-refractivity contribution in [2.75, 3.05) is 32.8 Å². The van der Waals surface area contributed by atoms with Crippen molar-refractivity contribution in [3.8, 4) is 0 Å². The Hall–Kier alpha value is -0.160. The number of nitrogens with two attached hydrogens (primary N) is 1. The highest BCUT2D eigenvalue weighted by molar-refractivity contribution is 5.02. The van der Waals surface area contributed by atoms with E-state index in [9.17, 15) is 5.11 Å². The number of rotatable bonds is 2. The Kier molecular flexibility index (Phi) is 3.30. The van der Waals surface area contributed by atoms with E-state index in [0.717, 1.165) is 45.4 Å². The first kappa shape index (κ1) is 11.3. The van der Waals surface area contributed by atoms with Crippen LogP contribution in [0.5, 0.6) is 0 Å². The summed E-state index contributed by atoms with van der Waals surface area (Å²) in [5.41, 5.74) is 5.08. The second-order valence-electron chi connectivity index (χ2n) is 4.92. The molecule has 4 heteroatoms. The minimum Gasteiger partial charge on any atom is -0.389 e. The molecule has 2 saturated heterocycles. The van der Waals surface area contributed by atoms with Gasteiger partial charge in [0.1, 0.15) is 0 Å². The Morgan fingerprint density at radius 2 is 2.00 bits per heavy atom. The second-order valence-corrected chi connectivity index (χ2v) is 4.92. The standard InChI is InChI=1S/C11H22N2O2/c12-8-10(2-1-7-15-9-10)11(14)3-5-13-6-4-11/h13-14H,1-9,12H2. The zero-order valence-corrected chi connectivity index (χ0v) is 9.30. The van der Waals surface area contributed by atoms with E-state index in [2.05, 4.69) is 5.32 Å². The van der Waals surface area contributed by atoms with Crippen LogP contribution in [0.4, 0.5) is 0 Å². The largest absolute Gasteiger partial charge is 0.389 e. The van der Waals surface area contributed by atoms with Gasteiger partial charge < -0.3 is 20.9 Å². The van der Waals surface area contributed by atoms with Crippen molar-refractivity contribution < 1.29 is 9.84 Å². The quantitative estimate of drug-likeness (QED) is 0.598. The highest BCUT2D eigenvalue weighted by Crippen LogP contribution is 2.43. The van der Waals surface area contributed by atoms with Crippen molar-refractivity contribution in [2.45, 2.75) is 31.3 Å². The smallest absolute Gasteiger partial charge is 0.0762 e. The predicted octanol–water partition coefficient (Wildman–Crippen LogP) is -0.144. The van der Waals surface area contributed by atoms with Gasteiger partial charge in [-0.1, -0.05) is 0 Å². The topological polar surface area (TPSA) is 67.5 Å². The number of nitrogens with one attached hydrogen (secondary N) is 1. The van der Waals surface area contributed by atoms with Crippen molar-refractivity contribution in [1.82, 2.24) is 5.32 Å². The third-order valence-corrected chi connectivity index (χ3v) is 4.13. The molecule has 0 aliphatic carbocycles. The van der Waals surface area contributed by atoms with E-state index in [1.165, 1.54) is 0 Å². The summed E-state index contributed by atoms with van der Waals surface area (Å²) in [6.07, 6.45) is 3.62. The van der Waals surface area contributed by atoms with Gasteiger partial charge in [-0.05, 0) is 38.8 Å². The lowest BCUT2D eigenvalue weighted by atomic mass is 9.64. The third kappa shape index (κ3) is 1.91. The first-order valence-corrected chi connectivity index (χ1v) is 5.93. The van der Waals surface area contributed by atoms with E-state index in [-0.39, 0.29) is 5.41 Å². The fourth-order valence-corrected chi connectivity index (χ4v) is 2.94. The fourth-order valence-electron chi connectivity index (χ4n) is 2.94. The van der Waals surface area contributed by atoms with Crippen LogP contribution < -0.4 is 11.1 Å². The molecule has 2 fully saturated rings. The van der Waals surface area contributed by atoms with Crippen LogP contribution in [-0.2, 0) is 4.74 Å². The molecule has 15 heavy (non-hydrogen) atoms. The second kappa shape index (κ2) is 4.37. The highest BCUT2D eigenvalue weighted by Gasteiger charge is 2.50. The molecule has 2 aliphatic rings. The van der Waals surface area contributed by atoms with Gasteiger partial charge in [-0.15, -0.1) is 0 Å². The van der Waals surface area contributed by atoms with Gasteiger partial charge in [0.2, 0.25) is 0 Å². The van der Waals surface area contributed by atoms with E-state index in [1.807, 2.05) is 0 Å². The number of ether oxygens (including phenoxy) is 1. The van der Waals surface area contributed by atoms with Crippen molar-refractivity contribution in [2.24, 2.45) is 11.1 Å². The number of piperidine rings is 1. The summed E-state index contributed by atoms with van der Waals surface area (Å²) in [5.74, 6) is 0. The maximum absolute atomic E-state index is 10.7. The van der Waals surface area contributed by atoms with Gasteiger partial charge in [0.05, 0.1) is 12.2 Å². The minimum atomic E-state index is -0.618. The summed E-state index contributed by atoms with van der Waals surface area (Å²) in [6.45, 7) is 3.75. The zero-order chi connectivity index (χ0) is 10.8. The molecular formula is C11H22N2O2. The zero-order valence-electron chi connectivity index (χ0n) is 9.30. The van der Waals surface area contributed by atoms with E-state index < -0.39 is 5.60 Å². The SMILES string of the molecule is NCC1(C2(O)CCNCC2)CCCOC1. The monoisotopic (exact) mass is 214 g/mol. The fraction of sp³-hybridized carbons (Fsp3) is 1.00. The van der Waals surface area contributed by atoms with Crippen LogP contribution in [0, 0.1) is 5.41 Å². The van der Waals surface area contributed by atoms with Crippen LogP contribution in [0.15, 0.2) is 0 Å². The van der Waals surface area contributed by atoms with Crippen LogP contribution in [0.2, 0.25) is 0 Å². The summed E-state index contributed by atoms with van der Waals surface area (Å²) in [4.78, 5) is 0. The van der Waals surface area contributed by atoms with Crippen LogP contribution in [0.3, 0.4) is 0 Å². The molecule has 0 bridgehead atoms. The van der Waals surface area contributed by atoms with Gasteiger partial charge in [-0.25, -0.2) is 0 Å². The lowest BCUT2D eigenvalue weighted by molar-refractivity contribution is -0.155. The molecule has 4 N–H and O–H groups in total. The van der Waals surface area contributed by atoms with Gasteiger partial charge in [-0.3, -0.25) is 0 Å². The molecule has 2 aliphatic heterocycles. The molecule has 2 rings (SSSR count). The summed E-state index contributed by atoms with van der Waals surface area (Å²) in [7, 11) is 0. The van der Waals surface area contributed by atoms with Crippen LogP contribution >= 0.6 is 0 Å². The molecule has 4 nitrogen and oxygen atoms in total. The van der Waals surface area contributed by atoms with Crippen LogP contribution in [-0.4, -0.2) is 43.6 Å². The number of hydrogen-bond acceptors (Lipinski definition) is 4. The van der Waals surface area contributed by atoms with Crippen molar-refractivity contribution in [3.63, 3.8) is 0 Å². The lowest BCUT2D eigenvalue weighted by Gasteiger charge is -2.50. The van der Waals surface area contributed by atoms with Gasteiger partial charge in [0, 0.05) is 18.6 Å². The Balaban J connectivity index is 2.15. The molecule has 1 unspecified atom stereocenters. The molecule has 0 spiro atoms. The Morgan fingerprint density at radius 1 is 1.27 bits per heavy atom. The molecule has 0 amide bonds. The Labute approximate surface area is 91.2 Å². The maximum atomic E-state index is 10.7. The summed E-state index contributed by atoms with van der Waals surface area (Å²) in [5, 5.41) is 14.0. The van der Waals surface area contributed by atoms with Gasteiger partial charge in [-0.2, -0.15) is 0 Å².